The van der Waals surface area contributed by atoms with Crippen molar-refractivity contribution in [1.82, 2.24) is 0 Å². The molecule has 0 unspecified atom stereocenters. The molecule has 0 amide bonds. The highest BCUT2D eigenvalue weighted by Crippen LogP contribution is 3.02. The summed E-state index contributed by atoms with van der Waals surface area (Å²) in [5.41, 5.74) is 0. The van der Waals surface area contributed by atoms with Crippen molar-refractivity contribution in [2.75, 3.05) is 0 Å². The summed E-state index contributed by atoms with van der Waals surface area (Å²) in [7, 11) is 0. The van der Waals surface area contributed by atoms with Crippen molar-refractivity contribution in [3.05, 3.63) is 0 Å². The fourth-order valence-corrected chi connectivity index (χ4v) is 16.7. The predicted octanol–water partition coefficient (Wildman–Crippen LogP) is 2.95. The number of fused-ring (bicyclic) bond motifs is 36. The molecule has 0 aromatic carbocycles. The van der Waals surface area contributed by atoms with Crippen LogP contribution >= 0.6 is 0 Å². The van der Waals surface area contributed by atoms with E-state index in [2.05, 4.69) is 0 Å². The minimum Gasteiger partial charge on any atom is -0.0312 e. The summed E-state index contributed by atoms with van der Waals surface area (Å²) in [6.07, 6.45) is 0. The van der Waals surface area contributed by atoms with E-state index in [9.17, 15) is 0 Å². The Hall–Kier alpha value is 0. The van der Waals surface area contributed by atoms with Gasteiger partial charge in [-0.05, 0) is 142 Å². The first kappa shape index (κ1) is 9.80. The van der Waals surface area contributed by atoms with Crippen LogP contribution in [0.15, 0.2) is 0 Å². The molecule has 0 atom stereocenters. The van der Waals surface area contributed by atoms with E-state index in [-0.39, 0.29) is 0 Å². The van der Waals surface area contributed by atoms with Gasteiger partial charge >= 0.3 is 0 Å². The molecule has 24 heavy (non-hydrogen) atoms. The highest BCUT2D eigenvalue weighted by Gasteiger charge is 2.99. The zero-order valence-corrected chi connectivity index (χ0v) is 13.9. The summed E-state index contributed by atoms with van der Waals surface area (Å²) in [6.45, 7) is 0. The van der Waals surface area contributed by atoms with Crippen molar-refractivity contribution in [3.63, 3.8) is 0 Å². The van der Waals surface area contributed by atoms with Gasteiger partial charge in [-0.15, -0.1) is 0 Å². The molecule has 0 N–H and O–H groups in total. The van der Waals surface area contributed by atoms with E-state index >= 15 is 0 Å². The van der Waals surface area contributed by atoms with E-state index in [1.54, 1.807) is 0 Å². The Balaban J connectivity index is 1.10. The van der Waals surface area contributed by atoms with Crippen LogP contribution in [0.4, 0.5) is 0 Å². The second-order valence-corrected chi connectivity index (χ2v) is 13.9. The lowest BCUT2D eigenvalue weighted by atomic mass is 9.01. The van der Waals surface area contributed by atoms with E-state index in [1.807, 2.05) is 0 Å². The van der Waals surface area contributed by atoms with Gasteiger partial charge in [0.2, 0.25) is 0 Å². The average molecular weight is 312 g/mol. The van der Waals surface area contributed by atoms with Gasteiger partial charge in [0.15, 0.2) is 0 Å². The Morgan fingerprint density at radius 2 is 0.125 bits per heavy atom. The fourth-order valence-electron chi connectivity index (χ4n) is 16.7. The molecule has 0 heterocycles. The normalized spacial score (nSPS) is 108. The van der Waals surface area contributed by atoms with Crippen LogP contribution in [0.5, 0.6) is 0 Å². The third-order valence-electron chi connectivity index (χ3n) is 16.0. The lowest BCUT2D eigenvalue weighted by Gasteiger charge is -3.03. The predicted molar refractivity (Wildman–Crippen MR) is 83.8 cm³/mol. The molecule has 12 rings (SSSR count). The first-order chi connectivity index (χ1) is 12.0. The molecule has 12 aliphatic rings. The lowest BCUT2D eigenvalue weighted by Crippen LogP contribution is -3.00. The maximum absolute atomic E-state index is 1.33. The van der Waals surface area contributed by atoms with Gasteiger partial charge < -0.3 is 0 Å². The third kappa shape index (κ3) is 0.468. The summed E-state index contributed by atoms with van der Waals surface area (Å²) in [6, 6.07) is 0. The summed E-state index contributed by atoms with van der Waals surface area (Å²) < 4.78 is 0. The molecule has 0 heteroatoms. The molecule has 0 spiro atoms. The van der Waals surface area contributed by atoms with Crippen LogP contribution in [0.2, 0.25) is 0 Å². The van der Waals surface area contributed by atoms with Gasteiger partial charge in [0, 0.05) is 0 Å². The van der Waals surface area contributed by atoms with E-state index < -0.39 is 0 Å². The van der Waals surface area contributed by atoms with Crippen molar-refractivity contribution in [1.29, 1.82) is 0 Å². The molecule has 120 valence electrons. The van der Waals surface area contributed by atoms with E-state index in [1.165, 1.54) is 142 Å². The Morgan fingerprint density at radius 1 is 0.0833 bits per heavy atom. The van der Waals surface area contributed by atoms with Gasteiger partial charge in [-0.2, -0.15) is 0 Å². The third-order valence-corrected chi connectivity index (χ3v) is 16.0. The van der Waals surface area contributed by atoms with Gasteiger partial charge in [0.05, 0.1) is 0 Å². The summed E-state index contributed by atoms with van der Waals surface area (Å²) in [5, 5.41) is 0. The van der Waals surface area contributed by atoms with Crippen LogP contribution in [0.25, 0.3) is 0 Å². The molecule has 0 saturated heterocycles. The van der Waals surface area contributed by atoms with Crippen molar-refractivity contribution in [3.8, 4) is 0 Å². The minimum absolute atomic E-state index is 1.33. The minimum atomic E-state index is 1.33. The number of rotatable bonds is 0. The first-order valence-electron chi connectivity index (χ1n) is 12.0. The van der Waals surface area contributed by atoms with Crippen LogP contribution in [-0.4, -0.2) is 0 Å². The second kappa shape index (κ2) is 2.15. The zero-order valence-electron chi connectivity index (χ0n) is 13.9. The highest BCUT2D eigenvalue weighted by molar-refractivity contribution is 5.45. The van der Waals surface area contributed by atoms with Crippen molar-refractivity contribution in [2.24, 2.45) is 142 Å². The van der Waals surface area contributed by atoms with E-state index in [0.717, 1.165) is 0 Å². The maximum Gasteiger partial charge on any atom is -0.0312 e. The lowest BCUT2D eigenvalue weighted by molar-refractivity contribution is -0.565. The molecule has 0 aliphatic heterocycles. The van der Waals surface area contributed by atoms with Gasteiger partial charge in [-0.1, -0.05) is 0 Å². The molecule has 0 bridgehead atoms. The van der Waals surface area contributed by atoms with Crippen molar-refractivity contribution in [2.45, 2.75) is 0 Å². The van der Waals surface area contributed by atoms with Crippen LogP contribution in [0, 0.1) is 142 Å². The summed E-state index contributed by atoms with van der Waals surface area (Å²) in [5.74, 6) is 32.0. The highest BCUT2D eigenvalue weighted by atomic mass is 15.0. The second-order valence-electron chi connectivity index (χ2n) is 13.9. The number of hydrogen-bond acceptors (Lipinski definition) is 0. The topological polar surface area (TPSA) is 0 Å². The van der Waals surface area contributed by atoms with Crippen molar-refractivity contribution >= 4 is 0 Å². The quantitative estimate of drug-likeness (QED) is 0.603. The van der Waals surface area contributed by atoms with Gasteiger partial charge in [-0.25, -0.2) is 0 Å². The van der Waals surface area contributed by atoms with Gasteiger partial charge in [-0.3, -0.25) is 0 Å². The molecule has 0 aromatic heterocycles. The average Bonchev–Trinajstić information content (AvgIpc) is 2.48. The largest absolute Gasteiger partial charge is 0.0312 e. The Morgan fingerprint density at radius 3 is 0.167 bits per heavy atom. The van der Waals surface area contributed by atoms with Gasteiger partial charge in [0.1, 0.15) is 0 Å². The van der Waals surface area contributed by atoms with E-state index in [0.29, 0.717) is 0 Å². The van der Waals surface area contributed by atoms with Crippen molar-refractivity contribution < 1.29 is 0 Å². The molecular formula is C24H24. The van der Waals surface area contributed by atoms with Crippen LogP contribution < -0.4 is 0 Å². The SMILES string of the molecule is C12C3C4C1C1C4C4C1C1C4C4C1C1C5C6C7C8C2C3C8C7C6C5C41. The molecule has 12 saturated carbocycles. The maximum atomic E-state index is 1.33. The van der Waals surface area contributed by atoms with Crippen LogP contribution in [0.1, 0.15) is 0 Å². The molecule has 12 aliphatic carbocycles. The van der Waals surface area contributed by atoms with Crippen LogP contribution in [0.3, 0.4) is 0 Å². The number of hydrogen-bond donors (Lipinski definition) is 0. The molecule has 12 fully saturated rings. The molecular weight excluding hydrogens is 288 g/mol. The van der Waals surface area contributed by atoms with Gasteiger partial charge in [0.25, 0.3) is 0 Å². The Labute approximate surface area is 142 Å². The summed E-state index contributed by atoms with van der Waals surface area (Å²) >= 11 is 0. The Bertz CT molecular complexity index is 444. The zero-order chi connectivity index (χ0) is 13.9. The standard InChI is InChI=1S/C24H24/c1-2-5-3(1)7-9(5)13-11(7)15-17(13)21-19(15)23-20-16-12-8-4(1)6(2)10(8)14(12)18(16)22(20)24(21)23/h1-24H. The van der Waals surface area contributed by atoms with Crippen LogP contribution in [-0.2, 0) is 0 Å². The monoisotopic (exact) mass is 312 g/mol. The smallest absolute Gasteiger partial charge is 0.0312 e. The molecule has 0 nitrogen and oxygen atoms in total. The fraction of sp³-hybridized carbons (Fsp3) is 1.00. The summed E-state index contributed by atoms with van der Waals surface area (Å²) in [4.78, 5) is 0. The van der Waals surface area contributed by atoms with E-state index in [4.69, 9.17) is 0 Å². The Kier molecular flexibility index (Phi) is 0.877. The molecule has 0 aromatic rings. The first-order valence-corrected chi connectivity index (χ1v) is 12.0. The molecule has 0 radical (unpaired) electrons.